The van der Waals surface area contributed by atoms with Crippen LogP contribution in [0.2, 0.25) is 0 Å². The molecule has 0 saturated heterocycles. The molecule has 0 aliphatic carbocycles. The van der Waals surface area contributed by atoms with Crippen molar-refractivity contribution in [1.29, 1.82) is 0 Å². The van der Waals surface area contributed by atoms with Crippen LogP contribution < -0.4 is 10.5 Å². The van der Waals surface area contributed by atoms with Crippen molar-refractivity contribution in [3.05, 3.63) is 59.7 Å². The summed E-state index contributed by atoms with van der Waals surface area (Å²) < 4.78 is 31.5. The predicted molar refractivity (Wildman–Crippen MR) is 61.5 cm³/mol. The highest BCUT2D eigenvalue weighted by molar-refractivity contribution is 5.45. The standard InChI is InChI=1S/C13H11F2NO/c14-11-6-10(16)7-12(13(11)15)17-8-9-4-2-1-3-5-9/h1-7H,8,16H2. The van der Waals surface area contributed by atoms with Crippen LogP contribution in [-0.4, -0.2) is 0 Å². The van der Waals surface area contributed by atoms with Crippen LogP contribution >= 0.6 is 0 Å². The summed E-state index contributed by atoms with van der Waals surface area (Å²) in [6, 6.07) is 11.4. The van der Waals surface area contributed by atoms with E-state index in [0.717, 1.165) is 11.6 Å². The quantitative estimate of drug-likeness (QED) is 0.829. The highest BCUT2D eigenvalue weighted by atomic mass is 19.2. The van der Waals surface area contributed by atoms with E-state index in [4.69, 9.17) is 10.5 Å². The van der Waals surface area contributed by atoms with Gasteiger partial charge in [-0.05, 0) is 5.56 Å². The van der Waals surface area contributed by atoms with Crippen molar-refractivity contribution in [1.82, 2.24) is 0 Å². The molecule has 0 amide bonds. The summed E-state index contributed by atoms with van der Waals surface area (Å²) in [5, 5.41) is 0. The van der Waals surface area contributed by atoms with Gasteiger partial charge in [-0.25, -0.2) is 4.39 Å². The number of halogens is 2. The molecule has 2 nitrogen and oxygen atoms in total. The molecule has 0 aromatic heterocycles. The fourth-order valence-electron chi connectivity index (χ4n) is 1.42. The van der Waals surface area contributed by atoms with Crippen LogP contribution in [0.3, 0.4) is 0 Å². The maximum Gasteiger partial charge on any atom is 0.200 e. The summed E-state index contributed by atoms with van der Waals surface area (Å²) in [4.78, 5) is 0. The van der Waals surface area contributed by atoms with Gasteiger partial charge in [-0.2, -0.15) is 4.39 Å². The Bertz CT molecular complexity index is 514. The molecule has 2 rings (SSSR count). The van der Waals surface area contributed by atoms with Crippen molar-refractivity contribution in [2.45, 2.75) is 6.61 Å². The van der Waals surface area contributed by atoms with E-state index in [2.05, 4.69) is 0 Å². The summed E-state index contributed by atoms with van der Waals surface area (Å²) in [5.41, 5.74) is 6.41. The molecule has 2 aromatic rings. The summed E-state index contributed by atoms with van der Waals surface area (Å²) in [6.07, 6.45) is 0. The van der Waals surface area contributed by atoms with Crippen molar-refractivity contribution in [2.75, 3.05) is 5.73 Å². The molecule has 4 heteroatoms. The first-order chi connectivity index (χ1) is 8.16. The maximum absolute atomic E-state index is 13.3. The summed E-state index contributed by atoms with van der Waals surface area (Å²) in [5.74, 6) is -2.20. The van der Waals surface area contributed by atoms with Crippen LogP contribution in [0.1, 0.15) is 5.56 Å². The molecule has 0 aliphatic heterocycles. The van der Waals surface area contributed by atoms with Gasteiger partial charge in [-0.3, -0.25) is 0 Å². The van der Waals surface area contributed by atoms with Crippen molar-refractivity contribution in [3.63, 3.8) is 0 Å². The first-order valence-electron chi connectivity index (χ1n) is 5.08. The number of hydrogen-bond acceptors (Lipinski definition) is 2. The van der Waals surface area contributed by atoms with Gasteiger partial charge in [0.15, 0.2) is 11.6 Å². The topological polar surface area (TPSA) is 35.2 Å². The summed E-state index contributed by atoms with van der Waals surface area (Å²) in [7, 11) is 0. The number of nitrogen functional groups attached to an aromatic ring is 1. The van der Waals surface area contributed by atoms with Crippen LogP contribution in [-0.2, 0) is 6.61 Å². The molecular formula is C13H11F2NO. The lowest BCUT2D eigenvalue weighted by atomic mass is 10.2. The summed E-state index contributed by atoms with van der Waals surface area (Å²) >= 11 is 0. The fourth-order valence-corrected chi connectivity index (χ4v) is 1.42. The van der Waals surface area contributed by atoms with E-state index in [0.29, 0.717) is 0 Å². The zero-order valence-corrected chi connectivity index (χ0v) is 8.99. The van der Waals surface area contributed by atoms with Crippen LogP contribution in [0.25, 0.3) is 0 Å². The van der Waals surface area contributed by atoms with Crippen LogP contribution in [0.15, 0.2) is 42.5 Å². The molecule has 2 N–H and O–H groups in total. The van der Waals surface area contributed by atoms with E-state index in [1.165, 1.54) is 6.07 Å². The van der Waals surface area contributed by atoms with E-state index in [1.807, 2.05) is 30.3 Å². The Balaban J connectivity index is 2.14. The minimum absolute atomic E-state index is 0.131. The number of rotatable bonds is 3. The number of anilines is 1. The zero-order chi connectivity index (χ0) is 12.3. The van der Waals surface area contributed by atoms with Gasteiger partial charge in [0, 0.05) is 17.8 Å². The van der Waals surface area contributed by atoms with Gasteiger partial charge in [0.1, 0.15) is 6.61 Å². The van der Waals surface area contributed by atoms with Gasteiger partial charge in [-0.15, -0.1) is 0 Å². The van der Waals surface area contributed by atoms with Crippen molar-refractivity contribution in [3.8, 4) is 5.75 Å². The lowest BCUT2D eigenvalue weighted by Gasteiger charge is -2.08. The van der Waals surface area contributed by atoms with E-state index < -0.39 is 11.6 Å². The second-order valence-corrected chi connectivity index (χ2v) is 3.59. The minimum atomic E-state index is -1.02. The van der Waals surface area contributed by atoms with Gasteiger partial charge in [0.25, 0.3) is 0 Å². The monoisotopic (exact) mass is 235 g/mol. The Morgan fingerprint density at radius 2 is 1.76 bits per heavy atom. The summed E-state index contributed by atoms with van der Waals surface area (Å²) in [6.45, 7) is 0.167. The molecule has 0 saturated carbocycles. The molecule has 0 fully saturated rings. The lowest BCUT2D eigenvalue weighted by molar-refractivity contribution is 0.285. The largest absolute Gasteiger partial charge is 0.486 e. The van der Waals surface area contributed by atoms with Crippen molar-refractivity contribution in [2.24, 2.45) is 0 Å². The number of ether oxygens (including phenoxy) is 1. The Hall–Kier alpha value is -2.10. The lowest BCUT2D eigenvalue weighted by Crippen LogP contribution is -2.00. The minimum Gasteiger partial charge on any atom is -0.486 e. The molecule has 0 spiro atoms. The molecule has 0 bridgehead atoms. The zero-order valence-electron chi connectivity index (χ0n) is 8.99. The van der Waals surface area contributed by atoms with Gasteiger partial charge in [0.2, 0.25) is 5.82 Å². The average Bonchev–Trinajstić information content (AvgIpc) is 2.33. The highest BCUT2D eigenvalue weighted by Crippen LogP contribution is 2.24. The molecule has 0 aliphatic rings. The Kier molecular flexibility index (Phi) is 3.23. The molecule has 0 unspecified atom stereocenters. The van der Waals surface area contributed by atoms with Gasteiger partial charge in [-0.1, -0.05) is 30.3 Å². The molecule has 0 radical (unpaired) electrons. The first kappa shape index (κ1) is 11.4. The van der Waals surface area contributed by atoms with Crippen molar-refractivity contribution < 1.29 is 13.5 Å². The fraction of sp³-hybridized carbons (Fsp3) is 0.0769. The maximum atomic E-state index is 13.3. The third-order valence-corrected chi connectivity index (χ3v) is 2.25. The normalized spacial score (nSPS) is 10.2. The molecule has 88 valence electrons. The van der Waals surface area contributed by atoms with Crippen LogP contribution in [0.4, 0.5) is 14.5 Å². The predicted octanol–water partition coefficient (Wildman–Crippen LogP) is 3.13. The molecule has 0 atom stereocenters. The van der Waals surface area contributed by atoms with E-state index in [1.54, 1.807) is 0 Å². The average molecular weight is 235 g/mol. The van der Waals surface area contributed by atoms with Crippen LogP contribution in [0, 0.1) is 11.6 Å². The van der Waals surface area contributed by atoms with E-state index in [9.17, 15) is 8.78 Å². The van der Waals surface area contributed by atoms with Gasteiger partial charge >= 0.3 is 0 Å². The number of nitrogens with two attached hydrogens (primary N) is 1. The SMILES string of the molecule is Nc1cc(F)c(F)c(OCc2ccccc2)c1. The molecular weight excluding hydrogens is 224 g/mol. The van der Waals surface area contributed by atoms with Crippen LogP contribution in [0.5, 0.6) is 5.75 Å². The Morgan fingerprint density at radius 1 is 1.06 bits per heavy atom. The Labute approximate surface area is 97.6 Å². The van der Waals surface area contributed by atoms with E-state index in [-0.39, 0.29) is 18.0 Å². The van der Waals surface area contributed by atoms with Gasteiger partial charge in [0.05, 0.1) is 0 Å². The number of benzene rings is 2. The molecule has 17 heavy (non-hydrogen) atoms. The van der Waals surface area contributed by atoms with Gasteiger partial charge < -0.3 is 10.5 Å². The highest BCUT2D eigenvalue weighted by Gasteiger charge is 2.10. The smallest absolute Gasteiger partial charge is 0.200 e. The van der Waals surface area contributed by atoms with Crippen molar-refractivity contribution >= 4 is 5.69 Å². The molecule has 0 heterocycles. The second kappa shape index (κ2) is 4.82. The molecule has 2 aromatic carbocycles. The van der Waals surface area contributed by atoms with E-state index >= 15 is 0 Å². The first-order valence-corrected chi connectivity index (χ1v) is 5.08. The Morgan fingerprint density at radius 3 is 2.47 bits per heavy atom. The second-order valence-electron chi connectivity index (χ2n) is 3.59. The number of hydrogen-bond donors (Lipinski definition) is 1. The third-order valence-electron chi connectivity index (χ3n) is 2.25. The third kappa shape index (κ3) is 2.72.